The van der Waals surface area contributed by atoms with Gasteiger partial charge in [0.15, 0.2) is 11.5 Å². The van der Waals surface area contributed by atoms with Crippen LogP contribution in [0.25, 0.3) is 0 Å². The quantitative estimate of drug-likeness (QED) is 0.192. The van der Waals surface area contributed by atoms with Crippen LogP contribution in [0.5, 0.6) is 17.2 Å². The van der Waals surface area contributed by atoms with Crippen molar-refractivity contribution >= 4 is 23.7 Å². The summed E-state index contributed by atoms with van der Waals surface area (Å²) in [5.41, 5.74) is 6.01. The topological polar surface area (TPSA) is 98.2 Å². The molecule has 1 atom stereocenters. The zero-order valence-corrected chi connectivity index (χ0v) is 22.5. The Morgan fingerprint density at radius 3 is 2.37 bits per heavy atom. The van der Waals surface area contributed by atoms with Crippen molar-refractivity contribution in [2.75, 3.05) is 19.0 Å². The van der Waals surface area contributed by atoms with E-state index in [2.05, 4.69) is 21.9 Å². The minimum absolute atomic E-state index is 0.238. The molecule has 0 fully saturated rings. The number of hydrogen-bond donors (Lipinski definition) is 2. The molecule has 0 heterocycles. The zero-order chi connectivity index (χ0) is 27.5. The Morgan fingerprint density at radius 1 is 0.947 bits per heavy atom. The van der Waals surface area contributed by atoms with Crippen molar-refractivity contribution in [3.8, 4) is 17.2 Å². The summed E-state index contributed by atoms with van der Waals surface area (Å²) in [5.74, 6) is -0.201. The standard InChI is InChI=1S/C30H35N3O5/c1-6-37-27-17-22(10-15-26(27)38-19-23-9-7-8-21(4)16-23)18-31-33-30(35)28(20(2)3)29(34)32-24-11-13-25(36-5)14-12-24/h7-18,20,28H,6,19H2,1-5H3,(H,32,34)(H,33,35). The smallest absolute Gasteiger partial charge is 0.252 e. The molecule has 3 aromatic rings. The minimum atomic E-state index is -0.925. The van der Waals surface area contributed by atoms with Gasteiger partial charge >= 0.3 is 0 Å². The van der Waals surface area contributed by atoms with Crippen LogP contribution in [0.15, 0.2) is 71.8 Å². The maximum Gasteiger partial charge on any atom is 0.252 e. The van der Waals surface area contributed by atoms with Gasteiger partial charge in [0.05, 0.1) is 19.9 Å². The summed E-state index contributed by atoms with van der Waals surface area (Å²) in [6.45, 7) is 8.45. The molecule has 2 N–H and O–H groups in total. The second kappa shape index (κ2) is 13.8. The van der Waals surface area contributed by atoms with Gasteiger partial charge in [-0.05, 0) is 73.4 Å². The van der Waals surface area contributed by atoms with Gasteiger partial charge in [0, 0.05) is 5.69 Å². The first-order valence-corrected chi connectivity index (χ1v) is 12.5. The van der Waals surface area contributed by atoms with E-state index < -0.39 is 17.7 Å². The molecular weight excluding hydrogens is 482 g/mol. The molecule has 0 saturated heterocycles. The molecule has 0 saturated carbocycles. The molecule has 0 aliphatic rings. The number of aryl methyl sites for hydroxylation is 1. The number of rotatable bonds is 12. The van der Waals surface area contributed by atoms with Gasteiger partial charge in [0.2, 0.25) is 5.91 Å². The highest BCUT2D eigenvalue weighted by atomic mass is 16.5. The van der Waals surface area contributed by atoms with Gasteiger partial charge in [0.25, 0.3) is 5.91 Å². The van der Waals surface area contributed by atoms with Crippen LogP contribution in [-0.2, 0) is 16.2 Å². The molecule has 38 heavy (non-hydrogen) atoms. The Labute approximate surface area is 224 Å². The highest BCUT2D eigenvalue weighted by molar-refractivity contribution is 6.06. The van der Waals surface area contributed by atoms with Crippen LogP contribution in [-0.4, -0.2) is 31.7 Å². The second-order valence-electron chi connectivity index (χ2n) is 9.09. The van der Waals surface area contributed by atoms with Crippen LogP contribution in [0.1, 0.15) is 37.5 Å². The number of carbonyl (C=O) groups is 2. The third-order valence-electron chi connectivity index (χ3n) is 5.72. The van der Waals surface area contributed by atoms with Gasteiger partial charge in [-0.3, -0.25) is 9.59 Å². The first kappa shape index (κ1) is 28.2. The number of hydrogen-bond acceptors (Lipinski definition) is 6. The number of hydrazone groups is 1. The molecule has 0 aliphatic heterocycles. The van der Waals surface area contributed by atoms with Crippen LogP contribution < -0.4 is 25.0 Å². The van der Waals surface area contributed by atoms with E-state index in [1.54, 1.807) is 37.4 Å². The summed E-state index contributed by atoms with van der Waals surface area (Å²) in [6.07, 6.45) is 1.50. The molecular formula is C30H35N3O5. The average Bonchev–Trinajstić information content (AvgIpc) is 2.89. The number of ether oxygens (including phenoxy) is 3. The Balaban J connectivity index is 1.63. The lowest BCUT2D eigenvalue weighted by Crippen LogP contribution is -2.39. The first-order chi connectivity index (χ1) is 18.3. The first-order valence-electron chi connectivity index (χ1n) is 12.5. The van der Waals surface area contributed by atoms with Crippen LogP contribution in [0.2, 0.25) is 0 Å². The number of nitrogens with one attached hydrogen (secondary N) is 2. The molecule has 0 aliphatic carbocycles. The summed E-state index contributed by atoms with van der Waals surface area (Å²) in [5, 5.41) is 6.85. The van der Waals surface area contributed by atoms with Gasteiger partial charge in [-0.2, -0.15) is 5.10 Å². The Kier molecular flexibility index (Phi) is 10.3. The Bertz CT molecular complexity index is 1250. The minimum Gasteiger partial charge on any atom is -0.497 e. The van der Waals surface area contributed by atoms with E-state index in [9.17, 15) is 9.59 Å². The molecule has 0 radical (unpaired) electrons. The summed E-state index contributed by atoms with van der Waals surface area (Å²) >= 11 is 0. The maximum absolute atomic E-state index is 12.8. The molecule has 0 aromatic heterocycles. The largest absolute Gasteiger partial charge is 0.497 e. The number of anilines is 1. The summed E-state index contributed by atoms with van der Waals surface area (Å²) < 4.78 is 16.9. The Morgan fingerprint density at radius 2 is 1.71 bits per heavy atom. The van der Waals surface area contributed by atoms with Crippen molar-refractivity contribution in [2.45, 2.75) is 34.3 Å². The predicted molar refractivity (Wildman–Crippen MR) is 149 cm³/mol. The lowest BCUT2D eigenvalue weighted by atomic mass is 9.94. The summed E-state index contributed by atoms with van der Waals surface area (Å²) in [4.78, 5) is 25.7. The number of amides is 2. The van der Waals surface area contributed by atoms with E-state index in [1.165, 1.54) is 11.8 Å². The molecule has 3 aromatic carbocycles. The normalized spacial score (nSPS) is 11.7. The fourth-order valence-electron chi connectivity index (χ4n) is 3.81. The van der Waals surface area contributed by atoms with Crippen molar-refractivity contribution in [3.63, 3.8) is 0 Å². The molecule has 0 bridgehead atoms. The molecule has 2 amide bonds. The zero-order valence-electron chi connectivity index (χ0n) is 22.5. The molecule has 8 nitrogen and oxygen atoms in total. The number of benzene rings is 3. The van der Waals surface area contributed by atoms with Crippen LogP contribution in [0, 0.1) is 18.8 Å². The van der Waals surface area contributed by atoms with Gasteiger partial charge in [0.1, 0.15) is 18.3 Å². The van der Waals surface area contributed by atoms with Gasteiger partial charge in [-0.1, -0.05) is 43.7 Å². The number of nitrogens with zero attached hydrogens (tertiary/aromatic N) is 1. The molecule has 8 heteroatoms. The number of methoxy groups -OCH3 is 1. The molecule has 200 valence electrons. The molecule has 1 unspecified atom stereocenters. The fraction of sp³-hybridized carbons (Fsp3) is 0.300. The van der Waals surface area contributed by atoms with Crippen LogP contribution in [0.4, 0.5) is 5.69 Å². The van der Waals surface area contributed by atoms with E-state index >= 15 is 0 Å². The van der Waals surface area contributed by atoms with Gasteiger partial charge in [-0.15, -0.1) is 0 Å². The van der Waals surface area contributed by atoms with E-state index in [1.807, 2.05) is 58.0 Å². The summed E-state index contributed by atoms with van der Waals surface area (Å²) in [6, 6.07) is 20.5. The van der Waals surface area contributed by atoms with Crippen molar-refractivity contribution in [1.29, 1.82) is 0 Å². The predicted octanol–water partition coefficient (Wildman–Crippen LogP) is 5.34. The van der Waals surface area contributed by atoms with E-state index in [4.69, 9.17) is 14.2 Å². The van der Waals surface area contributed by atoms with Crippen molar-refractivity contribution in [3.05, 3.63) is 83.4 Å². The molecule has 3 rings (SSSR count). The highest BCUT2D eigenvalue weighted by Crippen LogP contribution is 2.29. The SMILES string of the molecule is CCOc1cc(C=NNC(=O)C(C(=O)Nc2ccc(OC)cc2)C(C)C)ccc1OCc1cccc(C)c1. The van der Waals surface area contributed by atoms with Gasteiger partial charge in [-0.25, -0.2) is 5.43 Å². The third-order valence-corrected chi connectivity index (χ3v) is 5.72. The van der Waals surface area contributed by atoms with Crippen LogP contribution >= 0.6 is 0 Å². The Hall–Kier alpha value is -4.33. The van der Waals surface area contributed by atoms with Crippen molar-refractivity contribution in [1.82, 2.24) is 5.43 Å². The van der Waals surface area contributed by atoms with E-state index in [0.29, 0.717) is 41.7 Å². The molecule has 0 spiro atoms. The van der Waals surface area contributed by atoms with E-state index in [0.717, 1.165) is 5.56 Å². The van der Waals surface area contributed by atoms with E-state index in [-0.39, 0.29) is 5.92 Å². The van der Waals surface area contributed by atoms with Crippen molar-refractivity contribution in [2.24, 2.45) is 16.9 Å². The monoisotopic (exact) mass is 517 g/mol. The fourth-order valence-corrected chi connectivity index (χ4v) is 3.81. The highest BCUT2D eigenvalue weighted by Gasteiger charge is 2.30. The second-order valence-corrected chi connectivity index (χ2v) is 9.09. The van der Waals surface area contributed by atoms with Crippen molar-refractivity contribution < 1.29 is 23.8 Å². The van der Waals surface area contributed by atoms with Gasteiger partial charge < -0.3 is 19.5 Å². The number of carbonyl (C=O) groups excluding carboxylic acids is 2. The lowest BCUT2D eigenvalue weighted by Gasteiger charge is -2.18. The lowest BCUT2D eigenvalue weighted by molar-refractivity contribution is -0.134. The third kappa shape index (κ3) is 8.09. The maximum atomic E-state index is 12.8. The average molecular weight is 518 g/mol. The summed E-state index contributed by atoms with van der Waals surface area (Å²) in [7, 11) is 1.57. The van der Waals surface area contributed by atoms with Crippen LogP contribution in [0.3, 0.4) is 0 Å².